The quantitative estimate of drug-likeness (QED) is 0.132. The smallest absolute Gasteiger partial charge is 0.330 e. The Morgan fingerprint density at radius 1 is 0.796 bits per heavy atom. The Morgan fingerprint density at radius 2 is 1.33 bits per heavy atom. The van der Waals surface area contributed by atoms with E-state index >= 15 is 0 Å². The van der Waals surface area contributed by atoms with Crippen LogP contribution in [-0.4, -0.2) is 64.1 Å². The zero-order valence-electron chi connectivity index (χ0n) is 31.3. The van der Waals surface area contributed by atoms with Crippen LogP contribution < -0.4 is 11.5 Å². The summed E-state index contributed by atoms with van der Waals surface area (Å²) in [5.74, 6) is -0.431. The predicted octanol–water partition coefficient (Wildman–Crippen LogP) is 9.38. The molecule has 300 valence electrons. The standard InChI is InChI=1S/C16H22FN3S.C16H23FN3S.2C2HF3O/c1-11-14(21-13-7-5-12(17)6-8-13)15(16(2,3)4)20(19-11)10-9-18;1-11-14(8-9-18)19-20(16(2,3)4)15(11)21-13-7-5-6-12(17)10-13;2*3-2(4,5)1-6/h5-8H,9-10,18H2,1-4H3;5-7,10,14H,8-9,18H2,1-4H3;2*1H/q;+1;;. The summed E-state index contributed by atoms with van der Waals surface area (Å²) in [6.07, 6.45) is -10.6. The molecule has 1 aliphatic heterocycles. The summed E-state index contributed by atoms with van der Waals surface area (Å²) in [6.45, 7) is 18.9. The van der Waals surface area contributed by atoms with Crippen LogP contribution >= 0.6 is 23.5 Å². The maximum absolute atomic E-state index is 13.4. The van der Waals surface area contributed by atoms with Crippen molar-refractivity contribution in [2.45, 2.75) is 112 Å². The Balaban J connectivity index is 0.000000416. The van der Waals surface area contributed by atoms with E-state index in [4.69, 9.17) is 26.2 Å². The van der Waals surface area contributed by atoms with Crippen molar-refractivity contribution in [3.8, 4) is 0 Å². The molecule has 0 spiro atoms. The summed E-state index contributed by atoms with van der Waals surface area (Å²) in [6, 6.07) is 13.4. The molecule has 3 aromatic rings. The number of hydrogen-bond donors (Lipinski definition) is 2. The molecule has 0 amide bonds. The van der Waals surface area contributed by atoms with Crippen LogP contribution in [0.3, 0.4) is 0 Å². The fraction of sp³-hybridized carbons (Fsp3) is 0.472. The van der Waals surface area contributed by atoms with Crippen LogP contribution in [0.2, 0.25) is 0 Å². The number of halogens is 8. The molecule has 18 heteroatoms. The van der Waals surface area contributed by atoms with Crippen LogP contribution in [0.5, 0.6) is 0 Å². The molecule has 1 atom stereocenters. The van der Waals surface area contributed by atoms with Crippen LogP contribution in [-0.2, 0) is 21.5 Å². The first-order valence-electron chi connectivity index (χ1n) is 16.4. The maximum Gasteiger partial charge on any atom is 0.446 e. The van der Waals surface area contributed by atoms with Gasteiger partial charge in [-0.25, -0.2) is 8.78 Å². The van der Waals surface area contributed by atoms with Crippen LogP contribution in [0.15, 0.2) is 78.9 Å². The van der Waals surface area contributed by atoms with Crippen LogP contribution in [0, 0.1) is 18.6 Å². The lowest BCUT2D eigenvalue weighted by molar-refractivity contribution is -0.600. The van der Waals surface area contributed by atoms with E-state index in [0.717, 1.165) is 31.8 Å². The highest BCUT2D eigenvalue weighted by atomic mass is 32.2. The number of azo groups is 2. The summed E-state index contributed by atoms with van der Waals surface area (Å²) < 4.78 is 93.0. The van der Waals surface area contributed by atoms with Crippen molar-refractivity contribution in [1.82, 2.24) is 9.78 Å². The van der Waals surface area contributed by atoms with E-state index in [1.807, 2.05) is 17.7 Å². The van der Waals surface area contributed by atoms with Crippen LogP contribution in [0.25, 0.3) is 0 Å². The van der Waals surface area contributed by atoms with Crippen molar-refractivity contribution in [3.05, 3.63) is 82.2 Å². The molecular formula is C36H47F8N6O2S2+. The van der Waals surface area contributed by atoms with Crippen molar-refractivity contribution in [3.63, 3.8) is 0 Å². The Kier molecular flexibility index (Phi) is 18.7. The fourth-order valence-corrected chi connectivity index (χ4v) is 7.03. The maximum atomic E-state index is 13.4. The molecule has 1 aliphatic rings. The van der Waals surface area contributed by atoms with Gasteiger partial charge in [-0.15, -0.1) is 0 Å². The Bertz CT molecular complexity index is 1710. The largest absolute Gasteiger partial charge is 0.446 e. The number of alkyl halides is 6. The van der Waals surface area contributed by atoms with E-state index in [1.54, 1.807) is 47.8 Å². The number of rotatable bonds is 8. The summed E-state index contributed by atoms with van der Waals surface area (Å²) in [7, 11) is 0. The second-order valence-electron chi connectivity index (χ2n) is 13.6. The van der Waals surface area contributed by atoms with Crippen molar-refractivity contribution in [2.24, 2.45) is 16.6 Å². The number of thioether (sulfide) groups is 1. The molecule has 0 saturated heterocycles. The SMILES string of the molecule is CC1=C(Sc2cccc(F)c2)[N+](C(C)(C)C)=NC1CCN.Cc1nn(CCN)c(C(C)(C)C)c1Sc1ccc(F)cc1.O=CC(F)(F)F.O=CC(F)(F)F. The van der Waals surface area contributed by atoms with Gasteiger partial charge in [-0.3, -0.25) is 14.3 Å². The molecule has 8 nitrogen and oxygen atoms in total. The molecule has 0 aliphatic carbocycles. The number of carbonyl (C=O) groups is 2. The van der Waals surface area contributed by atoms with Crippen LogP contribution in [0.1, 0.15) is 66.3 Å². The first-order chi connectivity index (χ1) is 24.8. The van der Waals surface area contributed by atoms with Gasteiger partial charge in [0.25, 0.3) is 5.03 Å². The number of aromatic nitrogens is 2. The Morgan fingerprint density at radius 3 is 1.76 bits per heavy atom. The molecule has 0 saturated carbocycles. The van der Waals surface area contributed by atoms with E-state index in [0.29, 0.717) is 19.6 Å². The first kappa shape index (κ1) is 48.4. The number of aldehydes is 2. The number of benzene rings is 2. The Hall–Kier alpha value is -3.61. The van der Waals surface area contributed by atoms with Gasteiger partial charge in [0.15, 0.2) is 5.54 Å². The van der Waals surface area contributed by atoms with Gasteiger partial charge in [-0.1, -0.05) is 43.3 Å². The summed E-state index contributed by atoms with van der Waals surface area (Å²) in [5, 5.41) is 10.5. The molecule has 2 heterocycles. The third-order valence-corrected chi connectivity index (χ3v) is 9.17. The minimum absolute atomic E-state index is 0.0290. The lowest BCUT2D eigenvalue weighted by Gasteiger charge is -2.22. The van der Waals surface area contributed by atoms with Gasteiger partial charge in [0.2, 0.25) is 12.6 Å². The highest BCUT2D eigenvalue weighted by Gasteiger charge is 2.41. The van der Waals surface area contributed by atoms with Gasteiger partial charge < -0.3 is 11.5 Å². The number of nitrogens with two attached hydrogens (primary N) is 2. The van der Waals surface area contributed by atoms with Gasteiger partial charge in [0.05, 0.1) is 22.8 Å². The van der Waals surface area contributed by atoms with Gasteiger partial charge >= 0.3 is 12.4 Å². The highest BCUT2D eigenvalue weighted by Crippen LogP contribution is 2.40. The second-order valence-corrected chi connectivity index (χ2v) is 15.8. The van der Waals surface area contributed by atoms with Gasteiger partial charge in [-0.05, 0) is 86.2 Å². The molecule has 0 bridgehead atoms. The number of carbonyl (C=O) groups excluding carboxylic acids is 2. The predicted molar refractivity (Wildman–Crippen MR) is 194 cm³/mol. The zero-order chi connectivity index (χ0) is 41.7. The summed E-state index contributed by atoms with van der Waals surface area (Å²) >= 11 is 3.20. The highest BCUT2D eigenvalue weighted by molar-refractivity contribution is 8.02. The molecular weight excluding hydrogens is 765 g/mol. The summed E-state index contributed by atoms with van der Waals surface area (Å²) in [4.78, 5) is 20.4. The van der Waals surface area contributed by atoms with Gasteiger partial charge in [0, 0.05) is 48.1 Å². The average Bonchev–Trinajstić information content (AvgIpc) is 3.54. The molecule has 1 unspecified atom stereocenters. The van der Waals surface area contributed by atoms with E-state index in [9.17, 15) is 35.1 Å². The minimum atomic E-state index is -4.64. The third-order valence-electron chi connectivity index (χ3n) is 6.80. The molecule has 54 heavy (non-hydrogen) atoms. The van der Waals surface area contributed by atoms with Crippen LogP contribution in [0.4, 0.5) is 35.1 Å². The fourth-order valence-electron chi connectivity index (χ4n) is 4.58. The molecule has 1 aromatic heterocycles. The molecule has 4 N–H and O–H groups in total. The lowest BCUT2D eigenvalue weighted by atomic mass is 9.91. The molecule has 4 rings (SSSR count). The number of nitrogens with zero attached hydrogens (tertiary/aromatic N) is 4. The van der Waals surface area contributed by atoms with E-state index in [1.165, 1.54) is 29.5 Å². The first-order valence-corrected chi connectivity index (χ1v) is 18.0. The topological polar surface area (TPSA) is 119 Å². The average molecular weight is 812 g/mol. The minimum Gasteiger partial charge on any atom is -0.330 e. The van der Waals surface area contributed by atoms with Crippen molar-refractivity contribution < 1.29 is 49.4 Å². The third kappa shape index (κ3) is 16.8. The van der Waals surface area contributed by atoms with E-state index in [2.05, 4.69) is 58.3 Å². The van der Waals surface area contributed by atoms with Crippen molar-refractivity contribution >= 4 is 36.1 Å². The number of aryl methyl sites for hydroxylation is 1. The van der Waals surface area contributed by atoms with Crippen molar-refractivity contribution in [1.29, 1.82) is 0 Å². The van der Waals surface area contributed by atoms with E-state index in [-0.39, 0.29) is 28.6 Å². The molecule has 2 aromatic carbocycles. The second kappa shape index (κ2) is 20.9. The zero-order valence-corrected chi connectivity index (χ0v) is 32.9. The monoisotopic (exact) mass is 811 g/mol. The lowest BCUT2D eigenvalue weighted by Crippen LogP contribution is -2.29. The van der Waals surface area contributed by atoms with Crippen molar-refractivity contribution in [2.75, 3.05) is 13.1 Å². The van der Waals surface area contributed by atoms with Gasteiger partial charge in [-0.2, -0.15) is 31.4 Å². The Labute approximate surface area is 318 Å². The molecule has 0 fully saturated rings. The van der Waals surface area contributed by atoms with E-state index < -0.39 is 24.9 Å². The summed E-state index contributed by atoms with van der Waals surface area (Å²) in [5.41, 5.74) is 14.6. The van der Waals surface area contributed by atoms with Gasteiger partial charge in [0.1, 0.15) is 17.7 Å². The molecule has 0 radical (unpaired) electrons. The normalized spacial score (nSPS) is 14.6. The number of hydrogen-bond acceptors (Lipinski definition) is 8.